The quantitative estimate of drug-likeness (QED) is 0.686. The smallest absolute Gasteiger partial charge is 0.237 e. The van der Waals surface area contributed by atoms with Crippen LogP contribution in [0.5, 0.6) is 0 Å². The van der Waals surface area contributed by atoms with Gasteiger partial charge in [0.25, 0.3) is 0 Å². The number of amides is 2. The Balaban J connectivity index is 1.74. The number of nitrogens with zero attached hydrogens (tertiary/aromatic N) is 3. The maximum Gasteiger partial charge on any atom is 0.237 e. The maximum absolute atomic E-state index is 12.1. The first-order chi connectivity index (χ1) is 12.4. The molecule has 1 aliphatic carbocycles. The van der Waals surface area contributed by atoms with E-state index < -0.39 is 5.91 Å². The number of hydrogen-bond acceptors (Lipinski definition) is 5. The summed E-state index contributed by atoms with van der Waals surface area (Å²) >= 11 is 1.26. The Morgan fingerprint density at radius 2 is 2.15 bits per heavy atom. The zero-order valence-corrected chi connectivity index (χ0v) is 15.8. The fourth-order valence-corrected chi connectivity index (χ4v) is 3.58. The molecular weight excluding hydrogens is 350 g/mol. The summed E-state index contributed by atoms with van der Waals surface area (Å²) in [4.78, 5) is 23.6. The number of nitrogens with two attached hydrogens (primary N) is 1. The van der Waals surface area contributed by atoms with Crippen LogP contribution in [0.4, 0.5) is 0 Å². The fourth-order valence-electron chi connectivity index (χ4n) is 2.83. The van der Waals surface area contributed by atoms with Crippen LogP contribution in [0.2, 0.25) is 0 Å². The van der Waals surface area contributed by atoms with Crippen LogP contribution in [-0.4, -0.2) is 38.4 Å². The lowest BCUT2D eigenvalue weighted by Crippen LogP contribution is -2.35. The Labute approximate surface area is 156 Å². The van der Waals surface area contributed by atoms with E-state index in [4.69, 9.17) is 5.73 Å². The summed E-state index contributed by atoms with van der Waals surface area (Å²) in [7, 11) is 0. The van der Waals surface area contributed by atoms with E-state index >= 15 is 0 Å². The van der Waals surface area contributed by atoms with Crippen LogP contribution in [0.1, 0.15) is 25.3 Å². The van der Waals surface area contributed by atoms with Crippen molar-refractivity contribution in [2.75, 3.05) is 5.75 Å². The van der Waals surface area contributed by atoms with E-state index in [9.17, 15) is 9.59 Å². The van der Waals surface area contributed by atoms with Gasteiger partial charge in [-0.05, 0) is 38.7 Å². The molecule has 3 N–H and O–H groups in total. The minimum Gasteiger partial charge on any atom is -0.368 e. The molecule has 0 bridgehead atoms. The Kier molecular flexibility index (Phi) is 5.61. The van der Waals surface area contributed by atoms with Crippen LogP contribution in [0, 0.1) is 12.8 Å². The van der Waals surface area contributed by atoms with Gasteiger partial charge in [0.2, 0.25) is 11.8 Å². The second-order valence-corrected chi connectivity index (χ2v) is 7.65. The second kappa shape index (κ2) is 7.90. The predicted molar refractivity (Wildman–Crippen MR) is 100 cm³/mol. The Morgan fingerprint density at radius 1 is 1.38 bits per heavy atom. The third-order valence-electron chi connectivity index (χ3n) is 4.36. The molecule has 1 aliphatic rings. The number of primary amides is 1. The summed E-state index contributed by atoms with van der Waals surface area (Å²) in [5.41, 5.74) is 7.33. The van der Waals surface area contributed by atoms with Gasteiger partial charge in [-0.15, -0.1) is 10.2 Å². The van der Waals surface area contributed by atoms with Gasteiger partial charge in [-0.2, -0.15) is 0 Å². The Morgan fingerprint density at radius 3 is 2.81 bits per heavy atom. The normalized spacial score (nSPS) is 14.8. The summed E-state index contributed by atoms with van der Waals surface area (Å²) in [5, 5.41) is 11.9. The molecule has 26 heavy (non-hydrogen) atoms. The summed E-state index contributed by atoms with van der Waals surface area (Å²) < 4.78 is 1.67. The van der Waals surface area contributed by atoms with Crippen molar-refractivity contribution in [3.63, 3.8) is 0 Å². The third-order valence-corrected chi connectivity index (χ3v) is 5.32. The van der Waals surface area contributed by atoms with Gasteiger partial charge < -0.3 is 11.1 Å². The molecule has 1 aromatic carbocycles. The van der Waals surface area contributed by atoms with Crippen LogP contribution in [0.3, 0.4) is 0 Å². The first-order valence-electron chi connectivity index (χ1n) is 8.64. The highest BCUT2D eigenvalue weighted by Gasteiger charge is 2.29. The molecule has 0 aliphatic heterocycles. The second-order valence-electron chi connectivity index (χ2n) is 6.71. The van der Waals surface area contributed by atoms with E-state index in [1.165, 1.54) is 24.6 Å². The molecular formula is C18H23N5O2S. The summed E-state index contributed by atoms with van der Waals surface area (Å²) in [6, 6.07) is 7.99. The molecule has 0 spiro atoms. The van der Waals surface area contributed by atoms with Gasteiger partial charge in [0, 0.05) is 11.6 Å². The number of carbonyl (C=O) groups is 2. The van der Waals surface area contributed by atoms with Gasteiger partial charge in [0.1, 0.15) is 6.54 Å². The van der Waals surface area contributed by atoms with Gasteiger partial charge in [-0.25, -0.2) is 0 Å². The molecule has 1 heterocycles. The Hall–Kier alpha value is -2.35. The first kappa shape index (κ1) is 18.4. The average molecular weight is 373 g/mol. The molecule has 0 radical (unpaired) electrons. The van der Waals surface area contributed by atoms with Gasteiger partial charge in [-0.3, -0.25) is 14.2 Å². The molecule has 1 saturated carbocycles. The van der Waals surface area contributed by atoms with Gasteiger partial charge in [-0.1, -0.05) is 35.5 Å². The van der Waals surface area contributed by atoms with E-state index in [-0.39, 0.29) is 24.2 Å². The number of rotatable bonds is 8. The van der Waals surface area contributed by atoms with Crippen LogP contribution >= 0.6 is 11.8 Å². The molecule has 7 nitrogen and oxygen atoms in total. The number of benzene rings is 1. The van der Waals surface area contributed by atoms with Crippen molar-refractivity contribution >= 4 is 23.6 Å². The summed E-state index contributed by atoms with van der Waals surface area (Å²) in [6.45, 7) is 3.99. The van der Waals surface area contributed by atoms with Crippen molar-refractivity contribution in [2.24, 2.45) is 11.7 Å². The largest absolute Gasteiger partial charge is 0.368 e. The van der Waals surface area contributed by atoms with E-state index in [0.29, 0.717) is 16.9 Å². The zero-order valence-electron chi connectivity index (χ0n) is 14.9. The molecule has 3 rings (SSSR count). The van der Waals surface area contributed by atoms with Crippen LogP contribution in [0.25, 0.3) is 11.4 Å². The van der Waals surface area contributed by atoms with E-state index in [1.807, 2.05) is 38.1 Å². The van der Waals surface area contributed by atoms with Crippen molar-refractivity contribution in [1.82, 2.24) is 20.1 Å². The maximum atomic E-state index is 12.1. The van der Waals surface area contributed by atoms with Crippen molar-refractivity contribution < 1.29 is 9.59 Å². The molecule has 2 amide bonds. The standard InChI is InChI=1S/C18H23N5O2S/c1-11-4-3-5-14(8-11)17-21-22-18(23(17)9-15(19)24)26-10-16(25)20-12(2)13-6-7-13/h3-5,8,12-13H,6-7,9-10H2,1-2H3,(H2,19,24)(H,20,25). The predicted octanol–water partition coefficient (Wildman–Crippen LogP) is 1.75. The van der Waals surface area contributed by atoms with Gasteiger partial charge in [0.15, 0.2) is 11.0 Å². The number of nitrogens with one attached hydrogen (secondary N) is 1. The van der Waals surface area contributed by atoms with Crippen LogP contribution in [-0.2, 0) is 16.1 Å². The van der Waals surface area contributed by atoms with Crippen molar-refractivity contribution in [3.05, 3.63) is 29.8 Å². The highest BCUT2D eigenvalue weighted by Crippen LogP contribution is 2.32. The Bertz CT molecular complexity index is 816. The summed E-state index contributed by atoms with van der Waals surface area (Å²) in [6.07, 6.45) is 2.36. The average Bonchev–Trinajstić information content (AvgIpc) is 3.35. The molecule has 1 unspecified atom stereocenters. The van der Waals surface area contributed by atoms with Gasteiger partial charge >= 0.3 is 0 Å². The monoisotopic (exact) mass is 373 g/mol. The third kappa shape index (κ3) is 4.63. The minimum absolute atomic E-state index is 0.0291. The van der Waals surface area contributed by atoms with E-state index in [1.54, 1.807) is 4.57 Å². The lowest BCUT2D eigenvalue weighted by Gasteiger charge is -2.12. The highest BCUT2D eigenvalue weighted by molar-refractivity contribution is 7.99. The van der Waals surface area contributed by atoms with E-state index in [2.05, 4.69) is 15.5 Å². The van der Waals surface area contributed by atoms with Crippen molar-refractivity contribution in [3.8, 4) is 11.4 Å². The molecule has 138 valence electrons. The molecule has 2 aromatic rings. The lowest BCUT2D eigenvalue weighted by molar-refractivity contribution is -0.119. The van der Waals surface area contributed by atoms with Crippen LogP contribution < -0.4 is 11.1 Å². The number of aryl methyl sites for hydroxylation is 1. The molecule has 1 fully saturated rings. The highest BCUT2D eigenvalue weighted by atomic mass is 32.2. The fraction of sp³-hybridized carbons (Fsp3) is 0.444. The zero-order chi connectivity index (χ0) is 18.7. The molecule has 1 aromatic heterocycles. The summed E-state index contributed by atoms with van der Waals surface area (Å²) in [5.74, 6) is 0.881. The van der Waals surface area contributed by atoms with E-state index in [0.717, 1.165) is 11.1 Å². The SMILES string of the molecule is Cc1cccc(-c2nnc(SCC(=O)NC(C)C3CC3)n2CC(N)=O)c1. The molecule has 0 saturated heterocycles. The van der Waals surface area contributed by atoms with Crippen molar-refractivity contribution in [1.29, 1.82) is 0 Å². The lowest BCUT2D eigenvalue weighted by atomic mass is 10.1. The van der Waals surface area contributed by atoms with Crippen LogP contribution in [0.15, 0.2) is 29.4 Å². The number of carbonyl (C=O) groups excluding carboxylic acids is 2. The van der Waals surface area contributed by atoms with Crippen molar-refractivity contribution in [2.45, 2.75) is 44.4 Å². The topological polar surface area (TPSA) is 103 Å². The number of aromatic nitrogens is 3. The first-order valence-corrected chi connectivity index (χ1v) is 9.63. The molecule has 8 heteroatoms. The van der Waals surface area contributed by atoms with Gasteiger partial charge in [0.05, 0.1) is 5.75 Å². The number of thioether (sulfide) groups is 1. The minimum atomic E-state index is -0.479. The number of hydrogen-bond donors (Lipinski definition) is 2. The molecule has 1 atom stereocenters.